The minimum absolute atomic E-state index is 0.455. The molecule has 0 aliphatic heterocycles. The molecule has 0 aliphatic carbocycles. The molecule has 0 bridgehead atoms. The number of thiophene rings is 1. The second-order valence-corrected chi connectivity index (χ2v) is 5.45. The van der Waals surface area contributed by atoms with Crippen LogP contribution in [0.1, 0.15) is 29.4 Å². The Balaban J connectivity index is 1.85. The first-order valence-corrected chi connectivity index (χ1v) is 6.98. The van der Waals surface area contributed by atoms with Gasteiger partial charge in [-0.05, 0) is 42.3 Å². The van der Waals surface area contributed by atoms with Crippen molar-refractivity contribution >= 4 is 22.9 Å². The van der Waals surface area contributed by atoms with Crippen molar-refractivity contribution in [3.8, 4) is 0 Å². The monoisotopic (exact) mass is 266 g/mol. The van der Waals surface area contributed by atoms with Crippen molar-refractivity contribution in [3.05, 3.63) is 57.2 Å². The summed E-state index contributed by atoms with van der Waals surface area (Å²) in [4.78, 5) is 1.37. The van der Waals surface area contributed by atoms with Crippen molar-refractivity contribution in [1.29, 1.82) is 0 Å². The van der Waals surface area contributed by atoms with Gasteiger partial charge in [-0.1, -0.05) is 35.9 Å². The van der Waals surface area contributed by atoms with Crippen LogP contribution in [0.5, 0.6) is 0 Å². The van der Waals surface area contributed by atoms with Gasteiger partial charge < -0.3 is 5.11 Å². The normalized spacial score (nSPS) is 12.6. The Morgan fingerprint density at radius 1 is 1.18 bits per heavy atom. The van der Waals surface area contributed by atoms with Crippen molar-refractivity contribution in [1.82, 2.24) is 0 Å². The van der Waals surface area contributed by atoms with Crippen LogP contribution in [0.15, 0.2) is 41.8 Å². The first-order chi connectivity index (χ1) is 8.27. The first kappa shape index (κ1) is 12.6. The lowest BCUT2D eigenvalue weighted by atomic mass is 10.0. The SMILES string of the molecule is OC(CCCc1cccs1)c1ccccc1Cl. The van der Waals surface area contributed by atoms with Crippen molar-refractivity contribution < 1.29 is 5.11 Å². The van der Waals surface area contributed by atoms with Gasteiger partial charge in [0.2, 0.25) is 0 Å². The number of aryl methyl sites for hydroxylation is 1. The molecule has 0 spiro atoms. The van der Waals surface area contributed by atoms with Crippen LogP contribution < -0.4 is 0 Å². The molecule has 1 heterocycles. The summed E-state index contributed by atoms with van der Waals surface area (Å²) in [5.41, 5.74) is 0.834. The number of aliphatic hydroxyl groups excluding tert-OH is 1. The van der Waals surface area contributed by atoms with Crippen LogP contribution in [0.4, 0.5) is 0 Å². The molecule has 1 unspecified atom stereocenters. The van der Waals surface area contributed by atoms with Gasteiger partial charge in [0.05, 0.1) is 6.10 Å². The van der Waals surface area contributed by atoms with Crippen molar-refractivity contribution in [2.75, 3.05) is 0 Å². The van der Waals surface area contributed by atoms with Crippen molar-refractivity contribution in [3.63, 3.8) is 0 Å². The standard InChI is InChI=1S/C14H15ClOS/c15-13-8-2-1-7-12(13)14(16)9-3-5-11-6-4-10-17-11/h1-2,4,6-8,10,14,16H,3,5,9H2. The Kier molecular flexibility index (Phi) is 4.60. The molecule has 1 N–H and O–H groups in total. The smallest absolute Gasteiger partial charge is 0.0804 e. The number of aliphatic hydroxyl groups is 1. The molecule has 17 heavy (non-hydrogen) atoms. The molecule has 1 nitrogen and oxygen atoms in total. The highest BCUT2D eigenvalue weighted by Crippen LogP contribution is 2.26. The summed E-state index contributed by atoms with van der Waals surface area (Å²) in [7, 11) is 0. The van der Waals surface area contributed by atoms with E-state index in [2.05, 4.69) is 17.5 Å². The summed E-state index contributed by atoms with van der Waals surface area (Å²) >= 11 is 7.81. The lowest BCUT2D eigenvalue weighted by molar-refractivity contribution is 0.165. The minimum Gasteiger partial charge on any atom is -0.388 e. The number of hydrogen-bond acceptors (Lipinski definition) is 2. The van der Waals surface area contributed by atoms with Gasteiger partial charge >= 0.3 is 0 Å². The fourth-order valence-electron chi connectivity index (χ4n) is 1.83. The lowest BCUT2D eigenvalue weighted by Gasteiger charge is -2.11. The van der Waals surface area contributed by atoms with Gasteiger partial charge in [-0.3, -0.25) is 0 Å². The minimum atomic E-state index is -0.455. The summed E-state index contributed by atoms with van der Waals surface area (Å²) in [6.45, 7) is 0. The van der Waals surface area contributed by atoms with E-state index in [-0.39, 0.29) is 0 Å². The molecule has 0 amide bonds. The van der Waals surface area contributed by atoms with E-state index < -0.39 is 6.10 Å². The van der Waals surface area contributed by atoms with E-state index in [9.17, 15) is 5.11 Å². The van der Waals surface area contributed by atoms with E-state index in [1.807, 2.05) is 24.3 Å². The maximum Gasteiger partial charge on any atom is 0.0804 e. The third-order valence-corrected chi connectivity index (χ3v) is 4.03. The Hall–Kier alpha value is -0.830. The first-order valence-electron chi connectivity index (χ1n) is 5.72. The van der Waals surface area contributed by atoms with E-state index in [4.69, 9.17) is 11.6 Å². The number of hydrogen-bond donors (Lipinski definition) is 1. The second kappa shape index (κ2) is 6.20. The molecule has 0 saturated carbocycles. The van der Waals surface area contributed by atoms with Crippen LogP contribution in [-0.4, -0.2) is 5.11 Å². The quantitative estimate of drug-likeness (QED) is 0.847. The number of benzene rings is 1. The van der Waals surface area contributed by atoms with Gasteiger partial charge in [0, 0.05) is 9.90 Å². The summed E-state index contributed by atoms with van der Waals surface area (Å²) in [5, 5.41) is 12.8. The Labute approximate surface area is 111 Å². The van der Waals surface area contributed by atoms with Crippen LogP contribution in [0.2, 0.25) is 5.02 Å². The largest absolute Gasteiger partial charge is 0.388 e. The highest BCUT2D eigenvalue weighted by atomic mass is 35.5. The van der Waals surface area contributed by atoms with E-state index in [1.54, 1.807) is 11.3 Å². The molecule has 1 aromatic heterocycles. The highest BCUT2D eigenvalue weighted by molar-refractivity contribution is 7.09. The van der Waals surface area contributed by atoms with Gasteiger partial charge in [-0.15, -0.1) is 11.3 Å². The zero-order valence-corrected chi connectivity index (χ0v) is 11.0. The Morgan fingerprint density at radius 2 is 2.00 bits per heavy atom. The third-order valence-electron chi connectivity index (χ3n) is 2.75. The van der Waals surface area contributed by atoms with Crippen LogP contribution >= 0.6 is 22.9 Å². The fourth-order valence-corrected chi connectivity index (χ4v) is 2.84. The number of halogens is 1. The molecule has 90 valence electrons. The van der Waals surface area contributed by atoms with Gasteiger partial charge in [-0.25, -0.2) is 0 Å². The maximum atomic E-state index is 10.0. The molecule has 3 heteroatoms. The average Bonchev–Trinajstić information content (AvgIpc) is 2.82. The third kappa shape index (κ3) is 3.56. The lowest BCUT2D eigenvalue weighted by Crippen LogP contribution is -1.98. The van der Waals surface area contributed by atoms with Gasteiger partial charge in [0.1, 0.15) is 0 Å². The predicted octanol–water partition coefficient (Wildman–Crippen LogP) is 4.46. The summed E-state index contributed by atoms with van der Waals surface area (Å²) in [5.74, 6) is 0. The summed E-state index contributed by atoms with van der Waals surface area (Å²) in [6.07, 6.45) is 2.30. The predicted molar refractivity (Wildman–Crippen MR) is 73.7 cm³/mol. The zero-order valence-electron chi connectivity index (χ0n) is 9.47. The highest BCUT2D eigenvalue weighted by Gasteiger charge is 2.10. The molecule has 0 radical (unpaired) electrons. The second-order valence-electron chi connectivity index (χ2n) is 4.01. The molecular formula is C14H15ClOS. The van der Waals surface area contributed by atoms with Crippen LogP contribution in [0, 0.1) is 0 Å². The summed E-state index contributed by atoms with van der Waals surface area (Å²) in [6, 6.07) is 11.7. The maximum absolute atomic E-state index is 10.0. The summed E-state index contributed by atoms with van der Waals surface area (Å²) < 4.78 is 0. The fraction of sp³-hybridized carbons (Fsp3) is 0.286. The molecular weight excluding hydrogens is 252 g/mol. The Morgan fingerprint density at radius 3 is 2.71 bits per heavy atom. The van der Waals surface area contributed by atoms with Crippen LogP contribution in [0.25, 0.3) is 0 Å². The zero-order chi connectivity index (χ0) is 12.1. The molecule has 0 saturated heterocycles. The molecule has 2 rings (SSSR count). The molecule has 0 aliphatic rings. The van der Waals surface area contributed by atoms with Crippen molar-refractivity contribution in [2.45, 2.75) is 25.4 Å². The molecule has 1 aromatic carbocycles. The molecule has 0 fully saturated rings. The van der Waals surface area contributed by atoms with Gasteiger partial charge in [-0.2, -0.15) is 0 Å². The number of rotatable bonds is 5. The topological polar surface area (TPSA) is 20.2 Å². The van der Waals surface area contributed by atoms with E-state index >= 15 is 0 Å². The molecule has 2 aromatic rings. The van der Waals surface area contributed by atoms with E-state index in [0.29, 0.717) is 5.02 Å². The van der Waals surface area contributed by atoms with Crippen LogP contribution in [0.3, 0.4) is 0 Å². The van der Waals surface area contributed by atoms with Gasteiger partial charge in [0.25, 0.3) is 0 Å². The average molecular weight is 267 g/mol. The Bertz CT molecular complexity index is 453. The van der Waals surface area contributed by atoms with E-state index in [0.717, 1.165) is 24.8 Å². The van der Waals surface area contributed by atoms with Crippen LogP contribution in [-0.2, 0) is 6.42 Å². The van der Waals surface area contributed by atoms with Crippen molar-refractivity contribution in [2.24, 2.45) is 0 Å². The molecule has 1 atom stereocenters. The van der Waals surface area contributed by atoms with E-state index in [1.165, 1.54) is 4.88 Å². The van der Waals surface area contributed by atoms with Gasteiger partial charge in [0.15, 0.2) is 0 Å².